The van der Waals surface area contributed by atoms with Crippen LogP contribution in [0.2, 0.25) is 0 Å². The smallest absolute Gasteiger partial charge is 0.339 e. The molecule has 0 atom stereocenters. The van der Waals surface area contributed by atoms with Gasteiger partial charge in [0, 0.05) is 28.5 Å². The van der Waals surface area contributed by atoms with E-state index >= 15 is 0 Å². The van der Waals surface area contributed by atoms with Crippen LogP contribution in [-0.4, -0.2) is 21.1 Å². The number of nitrogens with zero attached hydrogens (tertiary/aromatic N) is 1. The van der Waals surface area contributed by atoms with Gasteiger partial charge in [-0.1, -0.05) is 36.0 Å². The maximum absolute atomic E-state index is 11.1. The van der Waals surface area contributed by atoms with E-state index in [1.165, 1.54) is 30.0 Å². The fraction of sp³-hybridized carbons (Fsp3) is 0.0500. The zero-order valence-corrected chi connectivity index (χ0v) is 15.3. The first-order chi connectivity index (χ1) is 13.5. The minimum absolute atomic E-state index is 0.0353. The summed E-state index contributed by atoms with van der Waals surface area (Å²) in [4.78, 5) is 23.3. The Bertz CT molecular complexity index is 1020. The quantitative estimate of drug-likeness (QED) is 0.300. The maximum Gasteiger partial charge on any atom is 0.339 e. The van der Waals surface area contributed by atoms with E-state index in [4.69, 9.17) is 5.11 Å². The molecule has 3 rings (SSSR count). The number of nitrogens with one attached hydrogen (secondary N) is 1. The molecule has 0 spiro atoms. The number of aromatic carboxylic acids is 1. The fourth-order valence-corrected chi connectivity index (χ4v) is 3.51. The Hall–Kier alpha value is -3.52. The highest BCUT2D eigenvalue weighted by Gasteiger charge is 2.13. The normalized spacial score (nSPS) is 10.4. The van der Waals surface area contributed by atoms with Gasteiger partial charge in [0.25, 0.3) is 5.69 Å². The molecule has 0 bridgehead atoms. The van der Waals surface area contributed by atoms with Crippen LogP contribution >= 0.6 is 11.8 Å². The van der Waals surface area contributed by atoms with Crippen LogP contribution in [0.4, 0.5) is 11.4 Å². The number of nitro benzene ring substituents is 1. The molecule has 0 aliphatic carbocycles. The number of aromatic hydroxyl groups is 1. The third-order valence-electron chi connectivity index (χ3n) is 3.98. The van der Waals surface area contributed by atoms with Gasteiger partial charge in [-0.3, -0.25) is 10.1 Å². The van der Waals surface area contributed by atoms with Gasteiger partial charge < -0.3 is 15.5 Å². The lowest BCUT2D eigenvalue weighted by Gasteiger charge is -2.13. The average Bonchev–Trinajstić information content (AvgIpc) is 2.68. The number of benzene rings is 3. The molecular formula is C20H16N2O5S. The Balaban J connectivity index is 1.77. The number of para-hydroxylation sites is 1. The molecule has 0 radical (unpaired) electrons. The van der Waals surface area contributed by atoms with Crippen molar-refractivity contribution in [2.24, 2.45) is 0 Å². The topological polar surface area (TPSA) is 113 Å². The van der Waals surface area contributed by atoms with Gasteiger partial charge in [0.2, 0.25) is 0 Å². The van der Waals surface area contributed by atoms with Crippen LogP contribution in [0, 0.1) is 10.1 Å². The van der Waals surface area contributed by atoms with Crippen molar-refractivity contribution >= 4 is 29.1 Å². The van der Waals surface area contributed by atoms with E-state index in [1.54, 1.807) is 24.3 Å². The SMILES string of the molecule is O=C(O)c1cccc(NCc2ccccc2Sc2ccc([N+](=O)[O-])cc2)c1O. The second kappa shape index (κ2) is 8.45. The number of anilines is 1. The molecule has 3 aromatic carbocycles. The molecule has 0 aliphatic rings. The Morgan fingerprint density at radius 3 is 2.43 bits per heavy atom. The van der Waals surface area contributed by atoms with Crippen LogP contribution in [0.5, 0.6) is 5.75 Å². The molecule has 0 unspecified atom stereocenters. The van der Waals surface area contributed by atoms with Crippen LogP contribution in [0.3, 0.4) is 0 Å². The number of rotatable bonds is 7. The highest BCUT2D eigenvalue weighted by molar-refractivity contribution is 7.99. The van der Waals surface area contributed by atoms with Crippen molar-refractivity contribution < 1.29 is 19.9 Å². The largest absolute Gasteiger partial charge is 0.505 e. The van der Waals surface area contributed by atoms with Gasteiger partial charge in [-0.15, -0.1) is 0 Å². The molecule has 3 aromatic rings. The summed E-state index contributed by atoms with van der Waals surface area (Å²) in [5.74, 6) is -1.51. The number of carboxylic acids is 1. The highest BCUT2D eigenvalue weighted by atomic mass is 32.2. The summed E-state index contributed by atoms with van der Waals surface area (Å²) < 4.78 is 0. The molecule has 7 nitrogen and oxygen atoms in total. The minimum atomic E-state index is -1.20. The number of non-ortho nitro benzene ring substituents is 1. The highest BCUT2D eigenvalue weighted by Crippen LogP contribution is 2.33. The van der Waals surface area contributed by atoms with Crippen molar-refractivity contribution in [3.63, 3.8) is 0 Å². The molecule has 0 aliphatic heterocycles. The molecular weight excluding hydrogens is 380 g/mol. The molecule has 0 saturated heterocycles. The Labute approximate surface area is 164 Å². The molecule has 142 valence electrons. The lowest BCUT2D eigenvalue weighted by Crippen LogP contribution is -2.04. The van der Waals surface area contributed by atoms with Gasteiger partial charge in [-0.25, -0.2) is 4.79 Å². The summed E-state index contributed by atoms with van der Waals surface area (Å²) in [5.41, 5.74) is 1.13. The summed E-state index contributed by atoms with van der Waals surface area (Å²) in [5, 5.41) is 33.0. The van der Waals surface area contributed by atoms with Crippen molar-refractivity contribution in [3.8, 4) is 5.75 Å². The van der Waals surface area contributed by atoms with Gasteiger partial charge in [-0.05, 0) is 35.9 Å². The van der Waals surface area contributed by atoms with Gasteiger partial charge in [-0.2, -0.15) is 0 Å². The van der Waals surface area contributed by atoms with E-state index in [2.05, 4.69) is 5.32 Å². The first kappa shape index (κ1) is 19.2. The molecule has 0 aromatic heterocycles. The van der Waals surface area contributed by atoms with Crippen molar-refractivity contribution in [2.45, 2.75) is 16.3 Å². The van der Waals surface area contributed by atoms with E-state index in [1.807, 2.05) is 24.3 Å². The lowest BCUT2D eigenvalue weighted by molar-refractivity contribution is -0.384. The zero-order chi connectivity index (χ0) is 20.1. The Morgan fingerprint density at radius 1 is 1.04 bits per heavy atom. The first-order valence-corrected chi connectivity index (χ1v) is 9.06. The van der Waals surface area contributed by atoms with Gasteiger partial charge in [0.15, 0.2) is 5.75 Å². The lowest BCUT2D eigenvalue weighted by atomic mass is 10.1. The van der Waals surface area contributed by atoms with Gasteiger partial charge in [0.1, 0.15) is 5.56 Å². The summed E-state index contributed by atoms with van der Waals surface area (Å²) >= 11 is 1.46. The number of carbonyl (C=O) groups is 1. The van der Waals surface area contributed by atoms with Crippen LogP contribution in [0.25, 0.3) is 0 Å². The van der Waals surface area contributed by atoms with E-state index in [0.29, 0.717) is 12.2 Å². The van der Waals surface area contributed by atoms with Crippen molar-refractivity contribution in [3.05, 3.63) is 88.0 Å². The molecule has 0 fully saturated rings. The monoisotopic (exact) mass is 396 g/mol. The molecule has 3 N–H and O–H groups in total. The average molecular weight is 396 g/mol. The summed E-state index contributed by atoms with van der Waals surface area (Å²) in [6.07, 6.45) is 0. The maximum atomic E-state index is 11.1. The van der Waals surface area contributed by atoms with Crippen LogP contribution < -0.4 is 5.32 Å². The number of nitro groups is 1. The molecule has 0 amide bonds. The van der Waals surface area contributed by atoms with Crippen LogP contribution in [-0.2, 0) is 6.54 Å². The molecule has 8 heteroatoms. The number of hydrogen-bond donors (Lipinski definition) is 3. The van der Waals surface area contributed by atoms with Gasteiger partial charge >= 0.3 is 5.97 Å². The van der Waals surface area contributed by atoms with E-state index in [-0.39, 0.29) is 17.0 Å². The summed E-state index contributed by atoms with van der Waals surface area (Å²) in [6, 6.07) is 18.4. The van der Waals surface area contributed by atoms with Crippen LogP contribution in [0.1, 0.15) is 15.9 Å². The molecule has 0 saturated carbocycles. The predicted octanol–water partition coefficient (Wildman–Crippen LogP) is 4.76. The van der Waals surface area contributed by atoms with E-state index in [9.17, 15) is 20.0 Å². The van der Waals surface area contributed by atoms with Crippen molar-refractivity contribution in [1.82, 2.24) is 0 Å². The molecule has 0 heterocycles. The predicted molar refractivity (Wildman–Crippen MR) is 106 cm³/mol. The van der Waals surface area contributed by atoms with Crippen molar-refractivity contribution in [1.29, 1.82) is 0 Å². The minimum Gasteiger partial charge on any atom is -0.505 e. The summed E-state index contributed by atoms with van der Waals surface area (Å²) in [6.45, 7) is 0.368. The number of hydrogen-bond acceptors (Lipinski definition) is 6. The van der Waals surface area contributed by atoms with Gasteiger partial charge in [0.05, 0.1) is 10.6 Å². The zero-order valence-electron chi connectivity index (χ0n) is 14.5. The fourth-order valence-electron chi connectivity index (χ4n) is 2.56. The first-order valence-electron chi connectivity index (χ1n) is 8.25. The third-order valence-corrected chi connectivity index (χ3v) is 5.11. The van der Waals surface area contributed by atoms with E-state index in [0.717, 1.165) is 15.4 Å². The Morgan fingerprint density at radius 2 is 1.75 bits per heavy atom. The number of carboxylic acid groups (broad SMARTS) is 1. The number of phenols is 1. The third kappa shape index (κ3) is 4.41. The standard InChI is InChI=1S/C20H16N2O5S/c23-19-16(20(24)25)5-3-6-17(19)21-12-13-4-1-2-7-18(13)28-15-10-8-14(9-11-15)22(26)27/h1-11,21,23H,12H2,(H,24,25). The second-order valence-corrected chi connectivity index (χ2v) is 6.94. The second-order valence-electron chi connectivity index (χ2n) is 5.82. The van der Waals surface area contributed by atoms with Crippen molar-refractivity contribution in [2.75, 3.05) is 5.32 Å². The van der Waals surface area contributed by atoms with E-state index < -0.39 is 10.9 Å². The molecule has 28 heavy (non-hydrogen) atoms. The Kier molecular flexibility index (Phi) is 5.81. The summed E-state index contributed by atoms with van der Waals surface area (Å²) in [7, 11) is 0. The van der Waals surface area contributed by atoms with Crippen LogP contribution in [0.15, 0.2) is 76.5 Å².